The standard InChI is InChI=1S/C25H26N2O9/c1-10(28)26-24(35)20-17(31)9-13-7-12-8-14-15(27(3)4)5-6-16(30)19(14)21(32)18(12)22(33)25(13,23(20)34)36-11(2)29/h5-6,12-13,30-31,33H,7-9H2,1-4H3,(H,26,28,35)/t12-,13+,25+/m1/s1. The van der Waals surface area contributed by atoms with Gasteiger partial charge in [0.2, 0.25) is 17.3 Å². The van der Waals surface area contributed by atoms with Crippen LogP contribution in [-0.4, -0.2) is 64.4 Å². The number of esters is 1. The van der Waals surface area contributed by atoms with E-state index in [1.807, 2.05) is 5.32 Å². The van der Waals surface area contributed by atoms with Crippen LogP contribution in [0, 0.1) is 11.8 Å². The van der Waals surface area contributed by atoms with Crippen LogP contribution in [0.1, 0.15) is 42.6 Å². The molecule has 0 saturated heterocycles. The van der Waals surface area contributed by atoms with Gasteiger partial charge >= 0.3 is 5.97 Å². The lowest BCUT2D eigenvalue weighted by Gasteiger charge is -2.47. The highest BCUT2D eigenvalue weighted by molar-refractivity contribution is 6.27. The summed E-state index contributed by atoms with van der Waals surface area (Å²) in [5.41, 5.74) is -2.27. The molecule has 11 nitrogen and oxygen atoms in total. The summed E-state index contributed by atoms with van der Waals surface area (Å²) in [5.74, 6) is -8.32. The highest BCUT2D eigenvalue weighted by atomic mass is 16.6. The smallest absolute Gasteiger partial charge is 0.304 e. The summed E-state index contributed by atoms with van der Waals surface area (Å²) in [5, 5.41) is 34.5. The summed E-state index contributed by atoms with van der Waals surface area (Å²) in [6.45, 7) is 2.04. The number of aliphatic hydroxyl groups is 2. The molecule has 0 unspecified atom stereocenters. The van der Waals surface area contributed by atoms with E-state index < -0.39 is 63.9 Å². The Morgan fingerprint density at radius 3 is 2.33 bits per heavy atom. The molecule has 3 aliphatic carbocycles. The Morgan fingerprint density at radius 1 is 1.08 bits per heavy atom. The van der Waals surface area contributed by atoms with Crippen LogP contribution in [0.3, 0.4) is 0 Å². The number of nitrogens with one attached hydrogen (secondary N) is 1. The molecule has 0 aromatic heterocycles. The number of imide groups is 1. The monoisotopic (exact) mass is 498 g/mol. The highest BCUT2D eigenvalue weighted by Crippen LogP contribution is 2.53. The number of phenolic OH excluding ortho intramolecular Hbond substituents is 1. The fourth-order valence-corrected chi connectivity index (χ4v) is 5.61. The van der Waals surface area contributed by atoms with E-state index in [-0.39, 0.29) is 36.1 Å². The number of anilines is 1. The van der Waals surface area contributed by atoms with Crippen LogP contribution in [0.25, 0.3) is 0 Å². The molecule has 0 spiro atoms. The number of nitrogens with zero attached hydrogens (tertiary/aromatic N) is 1. The number of hydrogen-bond acceptors (Lipinski definition) is 10. The maximum absolute atomic E-state index is 13.7. The quantitative estimate of drug-likeness (QED) is 0.353. The second kappa shape index (κ2) is 8.51. The maximum atomic E-state index is 13.7. The van der Waals surface area contributed by atoms with Crippen molar-refractivity contribution >= 4 is 35.0 Å². The summed E-state index contributed by atoms with van der Waals surface area (Å²) in [6.07, 6.45) is -0.0433. The van der Waals surface area contributed by atoms with Crippen LogP contribution < -0.4 is 10.2 Å². The zero-order chi connectivity index (χ0) is 26.7. The summed E-state index contributed by atoms with van der Waals surface area (Å²) in [7, 11) is 3.56. The summed E-state index contributed by atoms with van der Waals surface area (Å²) < 4.78 is 5.39. The van der Waals surface area contributed by atoms with Gasteiger partial charge in [0.25, 0.3) is 5.91 Å². The van der Waals surface area contributed by atoms with E-state index in [1.54, 1.807) is 25.1 Å². The molecule has 190 valence electrons. The van der Waals surface area contributed by atoms with Gasteiger partial charge in [-0.2, -0.15) is 0 Å². The second-order valence-electron chi connectivity index (χ2n) is 9.47. The van der Waals surface area contributed by atoms with Crippen LogP contribution in [0.5, 0.6) is 5.75 Å². The lowest BCUT2D eigenvalue weighted by molar-refractivity contribution is -0.173. The molecule has 2 amide bonds. The van der Waals surface area contributed by atoms with E-state index in [4.69, 9.17) is 4.74 Å². The minimum atomic E-state index is -2.45. The third kappa shape index (κ3) is 3.53. The van der Waals surface area contributed by atoms with E-state index in [9.17, 15) is 39.3 Å². The number of carbonyl (C=O) groups is 5. The zero-order valence-electron chi connectivity index (χ0n) is 20.2. The van der Waals surface area contributed by atoms with Gasteiger partial charge in [-0.1, -0.05) is 0 Å². The predicted octanol–water partition coefficient (Wildman–Crippen LogP) is 1.39. The molecule has 0 radical (unpaired) electrons. The van der Waals surface area contributed by atoms with Crippen LogP contribution in [0.15, 0.2) is 34.8 Å². The lowest BCUT2D eigenvalue weighted by atomic mass is 9.60. The van der Waals surface area contributed by atoms with Gasteiger partial charge < -0.3 is 25.0 Å². The Balaban J connectivity index is 1.94. The number of carbonyl (C=O) groups excluding carboxylic acids is 5. The number of allylic oxidation sites excluding steroid dienone is 2. The first-order chi connectivity index (χ1) is 16.8. The number of aromatic hydroxyl groups is 1. The number of phenols is 1. The summed E-state index contributed by atoms with van der Waals surface area (Å²) >= 11 is 0. The van der Waals surface area contributed by atoms with Gasteiger partial charge in [0.05, 0.1) is 5.56 Å². The number of ketones is 2. The third-order valence-electron chi connectivity index (χ3n) is 6.94. The maximum Gasteiger partial charge on any atom is 0.304 e. The fourth-order valence-electron chi connectivity index (χ4n) is 5.61. The number of benzene rings is 1. The lowest BCUT2D eigenvalue weighted by Crippen LogP contribution is -2.59. The van der Waals surface area contributed by atoms with E-state index in [1.165, 1.54) is 6.07 Å². The largest absolute Gasteiger partial charge is 0.511 e. The predicted molar refractivity (Wildman–Crippen MR) is 124 cm³/mol. The van der Waals surface area contributed by atoms with Gasteiger partial charge in [-0.05, 0) is 36.5 Å². The van der Waals surface area contributed by atoms with Crippen molar-refractivity contribution in [3.63, 3.8) is 0 Å². The van der Waals surface area contributed by atoms with Gasteiger partial charge in [-0.15, -0.1) is 0 Å². The van der Waals surface area contributed by atoms with E-state index in [0.717, 1.165) is 13.8 Å². The molecule has 0 bridgehead atoms. The number of amides is 2. The molecule has 1 aromatic rings. The van der Waals surface area contributed by atoms with Crippen LogP contribution in [0.2, 0.25) is 0 Å². The number of aliphatic hydroxyl groups excluding tert-OH is 2. The van der Waals surface area contributed by atoms with Gasteiger partial charge in [-0.3, -0.25) is 29.3 Å². The number of ether oxygens (including phenoxy) is 1. The molecule has 0 fully saturated rings. The first kappa shape index (κ1) is 25.0. The molecule has 4 N–H and O–H groups in total. The van der Waals surface area contributed by atoms with Gasteiger partial charge in [0.15, 0.2) is 11.5 Å². The highest BCUT2D eigenvalue weighted by Gasteiger charge is 2.63. The van der Waals surface area contributed by atoms with Crippen LogP contribution in [-0.2, 0) is 30.3 Å². The molecule has 0 saturated carbocycles. The molecule has 0 aliphatic heterocycles. The van der Waals surface area contributed by atoms with E-state index in [2.05, 4.69) is 0 Å². The Kier molecular flexibility index (Phi) is 5.90. The van der Waals surface area contributed by atoms with Crippen molar-refractivity contribution in [3.8, 4) is 5.75 Å². The Bertz CT molecular complexity index is 1310. The average molecular weight is 498 g/mol. The van der Waals surface area contributed by atoms with Crippen molar-refractivity contribution in [1.29, 1.82) is 0 Å². The van der Waals surface area contributed by atoms with Crippen LogP contribution in [0.4, 0.5) is 5.69 Å². The minimum Gasteiger partial charge on any atom is -0.511 e. The second-order valence-corrected chi connectivity index (χ2v) is 9.47. The number of hydrogen-bond donors (Lipinski definition) is 4. The molecular formula is C25H26N2O9. The van der Waals surface area contributed by atoms with Gasteiger partial charge in [-0.25, -0.2) is 0 Å². The van der Waals surface area contributed by atoms with Crippen molar-refractivity contribution in [3.05, 3.63) is 45.9 Å². The van der Waals surface area contributed by atoms with Crippen molar-refractivity contribution in [2.45, 2.75) is 38.7 Å². The Hall–Kier alpha value is -4.15. The number of rotatable bonds is 3. The molecule has 3 aliphatic rings. The fraction of sp³-hybridized carbons (Fsp3) is 0.400. The topological polar surface area (TPSA) is 171 Å². The molecule has 3 atom stereocenters. The molecule has 36 heavy (non-hydrogen) atoms. The Morgan fingerprint density at radius 2 is 1.75 bits per heavy atom. The van der Waals surface area contributed by atoms with E-state index >= 15 is 0 Å². The van der Waals surface area contributed by atoms with Crippen molar-refractivity contribution in [2.75, 3.05) is 19.0 Å². The Labute approximate surface area is 206 Å². The third-order valence-corrected chi connectivity index (χ3v) is 6.94. The normalized spacial score (nSPS) is 25.0. The molecule has 11 heteroatoms. The van der Waals surface area contributed by atoms with E-state index in [0.29, 0.717) is 11.3 Å². The minimum absolute atomic E-state index is 0.0355. The van der Waals surface area contributed by atoms with Crippen molar-refractivity contribution in [1.82, 2.24) is 5.32 Å². The van der Waals surface area contributed by atoms with Crippen molar-refractivity contribution in [2.24, 2.45) is 11.8 Å². The average Bonchev–Trinajstić information content (AvgIpc) is 2.74. The SMILES string of the molecule is CC(=O)NC(=O)C1=C(O)C[C@@H]2C[C@@H]3Cc4c(N(C)C)ccc(O)c4C(=O)C3=C(O)[C@]2(OC(C)=O)C1=O. The first-order valence-corrected chi connectivity index (χ1v) is 11.3. The van der Waals surface area contributed by atoms with Crippen molar-refractivity contribution < 1.29 is 44.0 Å². The van der Waals surface area contributed by atoms with Crippen LogP contribution >= 0.6 is 0 Å². The zero-order valence-corrected chi connectivity index (χ0v) is 20.2. The molecule has 1 aromatic carbocycles. The van der Waals surface area contributed by atoms with Gasteiger partial charge in [0, 0.05) is 51.5 Å². The molecular weight excluding hydrogens is 472 g/mol. The number of fused-ring (bicyclic) bond motifs is 3. The van der Waals surface area contributed by atoms with Gasteiger partial charge in [0.1, 0.15) is 17.1 Å². The first-order valence-electron chi connectivity index (χ1n) is 11.3. The summed E-state index contributed by atoms with van der Waals surface area (Å²) in [6, 6.07) is 3.02. The summed E-state index contributed by atoms with van der Waals surface area (Å²) in [4.78, 5) is 65.2. The number of Topliss-reactive ketones (excluding diaryl/α,β-unsaturated/α-hetero) is 2. The molecule has 4 rings (SSSR count). The molecule has 0 heterocycles.